The molecule has 6 heteroatoms. The number of esters is 1. The van der Waals surface area contributed by atoms with Gasteiger partial charge < -0.3 is 20.3 Å². The van der Waals surface area contributed by atoms with Crippen molar-refractivity contribution >= 4 is 11.9 Å². The van der Waals surface area contributed by atoms with Gasteiger partial charge in [0.05, 0.1) is 25.4 Å². The topological polar surface area (TPSA) is 95.9 Å². The summed E-state index contributed by atoms with van der Waals surface area (Å²) in [6, 6.07) is -0.627. The van der Waals surface area contributed by atoms with Crippen LogP contribution in [0.5, 0.6) is 0 Å². The third-order valence-electron chi connectivity index (χ3n) is 19.0. The molecule has 0 heterocycles. The van der Waals surface area contributed by atoms with Crippen molar-refractivity contribution in [3.63, 3.8) is 0 Å². The average Bonchev–Trinajstić information content (AvgIpc) is 3.52. The molecule has 0 aromatic rings. The minimum absolute atomic E-state index is 0.0192. The lowest BCUT2D eigenvalue weighted by molar-refractivity contribution is -0.143. The Morgan fingerprint density at radius 2 is 0.540 bits per heavy atom. The molecule has 2 atom stereocenters. The monoisotopic (exact) mass is 1220 g/mol. The molecule has 0 spiro atoms. The molecule has 2 unspecified atom stereocenters. The molecular weight excluding hydrogens is 1070 g/mol. The zero-order chi connectivity index (χ0) is 62.8. The molecule has 3 N–H and O–H groups in total. The van der Waals surface area contributed by atoms with Gasteiger partial charge in [0.15, 0.2) is 0 Å². The molecule has 0 radical (unpaired) electrons. The lowest BCUT2D eigenvalue weighted by Crippen LogP contribution is -2.45. The Labute approximate surface area is 545 Å². The van der Waals surface area contributed by atoms with Crippen molar-refractivity contribution in [2.75, 3.05) is 13.2 Å². The maximum absolute atomic E-state index is 12.6. The van der Waals surface area contributed by atoms with Gasteiger partial charge in [-0.3, -0.25) is 9.59 Å². The van der Waals surface area contributed by atoms with E-state index in [1.54, 1.807) is 6.08 Å². The largest absolute Gasteiger partial charge is 0.466 e. The number of aliphatic hydroxyl groups is 2. The van der Waals surface area contributed by atoms with Crippen LogP contribution >= 0.6 is 0 Å². The second kappa shape index (κ2) is 76.8. The standard InChI is InChI=1S/C81H157NO5/c1-3-5-7-9-11-13-15-17-19-21-23-24-31-34-38-41-45-49-53-57-61-65-69-73-79(84)78(77-83)82-80(85)74-70-66-62-58-54-50-46-42-39-35-32-29-27-25-26-28-30-33-36-40-44-48-52-56-60-64-68-72-76-87-81(86)75-71-67-63-59-55-51-47-43-37-22-20-18-16-14-12-10-8-6-4-2/h18,20,69,73,78-79,83-84H,3-17,19,21-68,70-72,74-77H2,1-2H3,(H,82,85)/b20-18-,73-69+. The fourth-order valence-electron chi connectivity index (χ4n) is 12.9. The summed E-state index contributed by atoms with van der Waals surface area (Å²) in [6.45, 7) is 4.96. The molecule has 0 aliphatic rings. The van der Waals surface area contributed by atoms with E-state index in [-0.39, 0.29) is 18.5 Å². The lowest BCUT2D eigenvalue weighted by Gasteiger charge is -2.20. The highest BCUT2D eigenvalue weighted by Gasteiger charge is 2.18. The lowest BCUT2D eigenvalue weighted by atomic mass is 10.0. The predicted molar refractivity (Wildman–Crippen MR) is 384 cm³/mol. The van der Waals surface area contributed by atoms with Crippen LogP contribution in [0.4, 0.5) is 0 Å². The van der Waals surface area contributed by atoms with Crippen LogP contribution in [-0.2, 0) is 14.3 Å². The molecule has 0 aromatic heterocycles. The van der Waals surface area contributed by atoms with Crippen LogP contribution in [0.3, 0.4) is 0 Å². The molecule has 6 nitrogen and oxygen atoms in total. The van der Waals surface area contributed by atoms with Crippen LogP contribution < -0.4 is 5.32 Å². The summed E-state index contributed by atoms with van der Waals surface area (Å²) in [4.78, 5) is 24.7. The van der Waals surface area contributed by atoms with E-state index in [0.717, 1.165) is 38.5 Å². The van der Waals surface area contributed by atoms with Gasteiger partial charge in [-0.05, 0) is 57.8 Å². The van der Waals surface area contributed by atoms with E-state index < -0.39 is 12.1 Å². The van der Waals surface area contributed by atoms with Crippen molar-refractivity contribution in [1.82, 2.24) is 5.32 Å². The quantitative estimate of drug-likeness (QED) is 0.0320. The molecular formula is C81H157NO5. The van der Waals surface area contributed by atoms with E-state index in [4.69, 9.17) is 4.74 Å². The summed E-state index contributed by atoms with van der Waals surface area (Å²) in [5.41, 5.74) is 0. The Balaban J connectivity index is 3.36. The number of allylic oxidation sites excluding steroid dienone is 3. The second-order valence-corrected chi connectivity index (χ2v) is 27.8. The van der Waals surface area contributed by atoms with Crippen LogP contribution in [-0.4, -0.2) is 47.4 Å². The Bertz CT molecular complexity index is 1360. The van der Waals surface area contributed by atoms with E-state index in [1.165, 1.54) is 392 Å². The van der Waals surface area contributed by atoms with Gasteiger partial charge >= 0.3 is 5.97 Å². The van der Waals surface area contributed by atoms with Crippen LogP contribution in [0.15, 0.2) is 24.3 Å². The summed E-state index contributed by atoms with van der Waals surface area (Å²) in [7, 11) is 0. The summed E-state index contributed by atoms with van der Waals surface area (Å²) >= 11 is 0. The Morgan fingerprint density at radius 3 is 0.816 bits per heavy atom. The summed E-state index contributed by atoms with van der Waals surface area (Å²) in [5.74, 6) is -0.0403. The molecule has 0 bridgehead atoms. The van der Waals surface area contributed by atoms with E-state index in [0.29, 0.717) is 19.4 Å². The van der Waals surface area contributed by atoms with Crippen LogP contribution in [0.2, 0.25) is 0 Å². The van der Waals surface area contributed by atoms with Crippen LogP contribution in [0, 0.1) is 0 Å². The highest BCUT2D eigenvalue weighted by molar-refractivity contribution is 5.76. The smallest absolute Gasteiger partial charge is 0.305 e. The first-order valence-electron chi connectivity index (χ1n) is 40.1. The van der Waals surface area contributed by atoms with Gasteiger partial charge in [-0.2, -0.15) is 0 Å². The van der Waals surface area contributed by atoms with Crippen molar-refractivity contribution < 1.29 is 24.5 Å². The van der Waals surface area contributed by atoms with Crippen molar-refractivity contribution in [3.05, 3.63) is 24.3 Å². The summed E-state index contributed by atoms with van der Waals surface area (Å²) < 4.78 is 5.52. The van der Waals surface area contributed by atoms with Gasteiger partial charge in [0, 0.05) is 12.8 Å². The summed E-state index contributed by atoms with van der Waals surface area (Å²) in [6.07, 6.45) is 98.7. The third kappa shape index (κ3) is 73.3. The molecule has 0 fully saturated rings. The van der Waals surface area contributed by atoms with Crippen molar-refractivity contribution in [1.29, 1.82) is 0 Å². The van der Waals surface area contributed by atoms with Crippen molar-refractivity contribution in [2.24, 2.45) is 0 Å². The molecule has 0 rings (SSSR count). The first-order valence-corrected chi connectivity index (χ1v) is 40.1. The number of hydrogen-bond acceptors (Lipinski definition) is 5. The number of carbonyl (C=O) groups excluding carboxylic acids is 2. The van der Waals surface area contributed by atoms with Crippen molar-refractivity contribution in [2.45, 2.75) is 469 Å². The normalized spacial score (nSPS) is 12.6. The average molecular weight is 1230 g/mol. The third-order valence-corrected chi connectivity index (χ3v) is 19.0. The van der Waals surface area contributed by atoms with Gasteiger partial charge in [0.25, 0.3) is 0 Å². The number of hydrogen-bond donors (Lipinski definition) is 3. The highest BCUT2D eigenvalue weighted by Crippen LogP contribution is 2.20. The fraction of sp³-hybridized carbons (Fsp3) is 0.926. The maximum Gasteiger partial charge on any atom is 0.305 e. The van der Waals surface area contributed by atoms with E-state index in [9.17, 15) is 19.8 Å². The predicted octanol–water partition coefficient (Wildman–Crippen LogP) is 26.4. The number of carbonyl (C=O) groups is 2. The zero-order valence-electron chi connectivity index (χ0n) is 59.3. The fourth-order valence-corrected chi connectivity index (χ4v) is 12.9. The number of nitrogens with one attached hydrogen (secondary N) is 1. The van der Waals surface area contributed by atoms with Gasteiger partial charge in [0.2, 0.25) is 5.91 Å². The molecule has 0 aromatic carbocycles. The zero-order valence-corrected chi connectivity index (χ0v) is 59.3. The van der Waals surface area contributed by atoms with E-state index in [2.05, 4.69) is 31.3 Å². The minimum Gasteiger partial charge on any atom is -0.466 e. The Morgan fingerprint density at radius 1 is 0.310 bits per heavy atom. The van der Waals surface area contributed by atoms with Gasteiger partial charge in [-0.1, -0.05) is 411 Å². The van der Waals surface area contributed by atoms with Crippen LogP contribution in [0.1, 0.15) is 457 Å². The molecule has 87 heavy (non-hydrogen) atoms. The number of ether oxygens (including phenoxy) is 1. The summed E-state index contributed by atoms with van der Waals surface area (Å²) in [5, 5.41) is 23.3. The number of unbranched alkanes of at least 4 members (excludes halogenated alkanes) is 63. The first kappa shape index (κ1) is 85.3. The molecule has 0 aliphatic heterocycles. The number of aliphatic hydroxyl groups excluding tert-OH is 2. The molecule has 0 saturated heterocycles. The van der Waals surface area contributed by atoms with Crippen LogP contribution in [0.25, 0.3) is 0 Å². The highest BCUT2D eigenvalue weighted by atomic mass is 16.5. The molecule has 1 amide bonds. The maximum atomic E-state index is 12.6. The van der Waals surface area contributed by atoms with Gasteiger partial charge in [0.1, 0.15) is 0 Å². The van der Waals surface area contributed by atoms with Gasteiger partial charge in [-0.15, -0.1) is 0 Å². The Hall–Kier alpha value is -1.66. The van der Waals surface area contributed by atoms with Gasteiger partial charge in [-0.25, -0.2) is 0 Å². The van der Waals surface area contributed by atoms with E-state index in [1.807, 2.05) is 6.08 Å². The first-order chi connectivity index (χ1) is 43.0. The molecule has 0 aliphatic carbocycles. The second-order valence-electron chi connectivity index (χ2n) is 27.8. The SMILES string of the molecule is CCCCCCCC/C=C\CCCCCCCCCCCC(=O)OCCCCCCCCCCCCCCCCCCCCCCCCCCCCCCC(=O)NC(CO)C(O)/C=C/CCCCCCCCCCCCCCCCCCCCCCC. The minimum atomic E-state index is -0.844. The number of amides is 1. The molecule has 516 valence electrons. The Kier molecular flexibility index (Phi) is 75.3. The molecule has 0 saturated carbocycles. The van der Waals surface area contributed by atoms with Crippen molar-refractivity contribution in [3.8, 4) is 0 Å². The number of rotatable bonds is 76. The van der Waals surface area contributed by atoms with E-state index >= 15 is 0 Å².